The summed E-state index contributed by atoms with van der Waals surface area (Å²) >= 11 is 0. The molecule has 0 saturated carbocycles. The van der Waals surface area contributed by atoms with Crippen LogP contribution in [0, 0.1) is 11.7 Å². The quantitative estimate of drug-likeness (QED) is 0.719. The Morgan fingerprint density at radius 2 is 2.08 bits per heavy atom. The van der Waals surface area contributed by atoms with Crippen molar-refractivity contribution >= 4 is 0 Å². The summed E-state index contributed by atoms with van der Waals surface area (Å²) in [6.45, 7) is 4.17. The number of hydrogen-bond donors (Lipinski definition) is 1. The molecule has 0 aromatic heterocycles. The molecule has 1 aromatic carbocycles. The molecular weight excluding hydrogens is 155 g/mol. The predicted molar refractivity (Wildman–Crippen MR) is 46.6 cm³/mol. The molecule has 0 bridgehead atoms. The topological polar surface area (TPSA) is 20.2 Å². The van der Waals surface area contributed by atoms with Gasteiger partial charge in [0.05, 0.1) is 0 Å². The van der Waals surface area contributed by atoms with Crippen molar-refractivity contribution in [2.24, 2.45) is 5.92 Å². The molecule has 0 aliphatic rings. The van der Waals surface area contributed by atoms with Crippen molar-refractivity contribution in [2.75, 3.05) is 0 Å². The molecule has 0 aliphatic carbocycles. The van der Waals surface area contributed by atoms with Crippen LogP contribution >= 0.6 is 0 Å². The molecule has 0 heterocycles. The fourth-order valence-corrected chi connectivity index (χ4v) is 1.16. The summed E-state index contributed by atoms with van der Waals surface area (Å²) in [7, 11) is 0. The fraction of sp³-hybridized carbons (Fsp3) is 0.400. The van der Waals surface area contributed by atoms with Crippen molar-refractivity contribution in [3.05, 3.63) is 29.6 Å². The van der Waals surface area contributed by atoms with Crippen LogP contribution in [0.3, 0.4) is 0 Å². The SMILES string of the molecule is CC(C)Cc1ccc(F)c(O)c1. The van der Waals surface area contributed by atoms with Crippen LogP contribution < -0.4 is 0 Å². The zero-order valence-electron chi connectivity index (χ0n) is 7.34. The molecule has 0 radical (unpaired) electrons. The third kappa shape index (κ3) is 2.22. The lowest BCUT2D eigenvalue weighted by Gasteiger charge is -2.04. The van der Waals surface area contributed by atoms with Gasteiger partial charge in [-0.2, -0.15) is 0 Å². The molecule has 0 saturated heterocycles. The number of benzene rings is 1. The Labute approximate surface area is 71.9 Å². The Hall–Kier alpha value is -1.05. The van der Waals surface area contributed by atoms with Gasteiger partial charge < -0.3 is 5.11 Å². The van der Waals surface area contributed by atoms with Gasteiger partial charge in [0, 0.05) is 0 Å². The van der Waals surface area contributed by atoms with Gasteiger partial charge in [0.15, 0.2) is 11.6 Å². The molecule has 0 fully saturated rings. The Kier molecular flexibility index (Phi) is 2.69. The molecule has 0 unspecified atom stereocenters. The highest BCUT2D eigenvalue weighted by atomic mass is 19.1. The van der Waals surface area contributed by atoms with Crippen LogP contribution in [-0.4, -0.2) is 5.11 Å². The molecular formula is C10H13FO. The third-order valence-corrected chi connectivity index (χ3v) is 1.65. The Balaban J connectivity index is 2.82. The summed E-state index contributed by atoms with van der Waals surface area (Å²) < 4.78 is 12.6. The highest BCUT2D eigenvalue weighted by molar-refractivity contribution is 5.29. The molecule has 2 heteroatoms. The molecule has 0 amide bonds. The second kappa shape index (κ2) is 3.57. The van der Waals surface area contributed by atoms with E-state index in [1.54, 1.807) is 6.07 Å². The van der Waals surface area contributed by atoms with Crippen LogP contribution in [0.1, 0.15) is 19.4 Å². The lowest BCUT2D eigenvalue weighted by atomic mass is 10.0. The van der Waals surface area contributed by atoms with E-state index in [2.05, 4.69) is 13.8 Å². The number of phenolic OH excluding ortho intramolecular Hbond substituents is 1. The Morgan fingerprint density at radius 1 is 1.42 bits per heavy atom. The highest BCUT2D eigenvalue weighted by Crippen LogP contribution is 2.18. The van der Waals surface area contributed by atoms with Crippen molar-refractivity contribution in [1.82, 2.24) is 0 Å². The minimum absolute atomic E-state index is 0.256. The average Bonchev–Trinajstić information content (AvgIpc) is 1.96. The van der Waals surface area contributed by atoms with Crippen molar-refractivity contribution < 1.29 is 9.50 Å². The molecule has 66 valence electrons. The first-order valence-electron chi connectivity index (χ1n) is 4.07. The molecule has 1 nitrogen and oxygen atoms in total. The monoisotopic (exact) mass is 168 g/mol. The van der Waals surface area contributed by atoms with Gasteiger partial charge in [-0.3, -0.25) is 0 Å². The summed E-state index contributed by atoms with van der Waals surface area (Å²) in [6, 6.07) is 4.48. The zero-order valence-corrected chi connectivity index (χ0v) is 7.34. The van der Waals surface area contributed by atoms with Crippen molar-refractivity contribution in [3.63, 3.8) is 0 Å². The van der Waals surface area contributed by atoms with E-state index in [1.165, 1.54) is 12.1 Å². The maximum Gasteiger partial charge on any atom is 0.164 e. The van der Waals surface area contributed by atoms with Gasteiger partial charge in [0.25, 0.3) is 0 Å². The van der Waals surface area contributed by atoms with E-state index in [1.807, 2.05) is 0 Å². The highest BCUT2D eigenvalue weighted by Gasteiger charge is 2.02. The van der Waals surface area contributed by atoms with Gasteiger partial charge in [-0.25, -0.2) is 4.39 Å². The molecule has 12 heavy (non-hydrogen) atoms. The number of halogens is 1. The number of phenols is 1. The maximum atomic E-state index is 12.6. The van der Waals surface area contributed by atoms with Gasteiger partial charge in [0.1, 0.15) is 0 Å². The standard InChI is InChI=1S/C10H13FO/c1-7(2)5-8-3-4-9(11)10(12)6-8/h3-4,6-7,12H,5H2,1-2H3. The van der Waals surface area contributed by atoms with Gasteiger partial charge in [0.2, 0.25) is 0 Å². The first kappa shape index (κ1) is 9.04. The van der Waals surface area contributed by atoms with E-state index in [-0.39, 0.29) is 5.75 Å². The summed E-state index contributed by atoms with van der Waals surface area (Å²) in [5.74, 6) is -0.287. The van der Waals surface area contributed by atoms with Crippen LogP contribution in [-0.2, 0) is 6.42 Å². The lowest BCUT2D eigenvalue weighted by Crippen LogP contribution is -1.93. The van der Waals surface area contributed by atoms with E-state index in [4.69, 9.17) is 5.11 Å². The lowest BCUT2D eigenvalue weighted by molar-refractivity contribution is 0.431. The normalized spacial score (nSPS) is 10.7. The van der Waals surface area contributed by atoms with Gasteiger partial charge >= 0.3 is 0 Å². The van der Waals surface area contributed by atoms with E-state index >= 15 is 0 Å². The smallest absolute Gasteiger partial charge is 0.164 e. The van der Waals surface area contributed by atoms with Crippen molar-refractivity contribution in [2.45, 2.75) is 20.3 Å². The number of rotatable bonds is 2. The van der Waals surface area contributed by atoms with Crippen molar-refractivity contribution in [3.8, 4) is 5.75 Å². The molecule has 0 atom stereocenters. The molecule has 1 N–H and O–H groups in total. The molecule has 1 aromatic rings. The van der Waals surface area contributed by atoms with E-state index in [9.17, 15) is 4.39 Å². The molecule has 1 rings (SSSR count). The Morgan fingerprint density at radius 3 is 2.58 bits per heavy atom. The second-order valence-electron chi connectivity index (χ2n) is 3.38. The third-order valence-electron chi connectivity index (χ3n) is 1.65. The summed E-state index contributed by atoms with van der Waals surface area (Å²) in [4.78, 5) is 0. The van der Waals surface area contributed by atoms with E-state index < -0.39 is 5.82 Å². The van der Waals surface area contributed by atoms with Crippen LogP contribution in [0.2, 0.25) is 0 Å². The van der Waals surface area contributed by atoms with E-state index in [0.717, 1.165) is 12.0 Å². The average molecular weight is 168 g/mol. The van der Waals surface area contributed by atoms with Crippen LogP contribution in [0.4, 0.5) is 4.39 Å². The number of hydrogen-bond acceptors (Lipinski definition) is 1. The second-order valence-corrected chi connectivity index (χ2v) is 3.38. The molecule has 0 spiro atoms. The summed E-state index contributed by atoms with van der Waals surface area (Å²) in [5.41, 5.74) is 0.976. The first-order chi connectivity index (χ1) is 5.59. The summed E-state index contributed by atoms with van der Waals surface area (Å²) in [6.07, 6.45) is 0.869. The summed E-state index contributed by atoms with van der Waals surface area (Å²) in [5, 5.41) is 9.04. The van der Waals surface area contributed by atoms with Crippen molar-refractivity contribution in [1.29, 1.82) is 0 Å². The largest absolute Gasteiger partial charge is 0.505 e. The first-order valence-corrected chi connectivity index (χ1v) is 4.07. The van der Waals surface area contributed by atoms with Crippen LogP contribution in [0.15, 0.2) is 18.2 Å². The van der Waals surface area contributed by atoms with Crippen LogP contribution in [0.25, 0.3) is 0 Å². The van der Waals surface area contributed by atoms with Gasteiger partial charge in [-0.05, 0) is 30.0 Å². The maximum absolute atomic E-state index is 12.6. The zero-order chi connectivity index (χ0) is 9.14. The van der Waals surface area contributed by atoms with E-state index in [0.29, 0.717) is 5.92 Å². The van der Waals surface area contributed by atoms with Gasteiger partial charge in [-0.15, -0.1) is 0 Å². The predicted octanol–water partition coefficient (Wildman–Crippen LogP) is 2.73. The number of aromatic hydroxyl groups is 1. The minimum Gasteiger partial charge on any atom is -0.505 e. The minimum atomic E-state index is -0.553. The Bertz CT molecular complexity index is 269. The van der Waals surface area contributed by atoms with Crippen LogP contribution in [0.5, 0.6) is 5.75 Å². The fourth-order valence-electron chi connectivity index (χ4n) is 1.16. The van der Waals surface area contributed by atoms with Gasteiger partial charge in [-0.1, -0.05) is 19.9 Å². The molecule has 0 aliphatic heterocycles.